The van der Waals surface area contributed by atoms with E-state index in [-0.39, 0.29) is 18.4 Å². The van der Waals surface area contributed by atoms with Crippen molar-refractivity contribution in [3.05, 3.63) is 54.1 Å². The van der Waals surface area contributed by atoms with Crippen LogP contribution in [0.5, 0.6) is 5.75 Å². The summed E-state index contributed by atoms with van der Waals surface area (Å²) in [6.45, 7) is 5.77. The van der Waals surface area contributed by atoms with Gasteiger partial charge in [-0.3, -0.25) is 9.59 Å². The van der Waals surface area contributed by atoms with Crippen molar-refractivity contribution in [2.24, 2.45) is 0 Å². The molecule has 0 aliphatic heterocycles. The summed E-state index contributed by atoms with van der Waals surface area (Å²) < 4.78 is 5.77. The van der Waals surface area contributed by atoms with Gasteiger partial charge in [-0.15, -0.1) is 0 Å². The van der Waals surface area contributed by atoms with E-state index >= 15 is 0 Å². The normalized spacial score (nSPS) is 10.4. The average Bonchev–Trinajstić information content (AvgIpc) is 2.78. The van der Waals surface area contributed by atoms with Crippen molar-refractivity contribution >= 4 is 23.2 Å². The molecule has 168 valence electrons. The molecule has 2 amide bonds. The number of carbonyl (C=O) groups excluding carboxylic acids is 2. The summed E-state index contributed by atoms with van der Waals surface area (Å²) in [5.74, 6) is 0.529. The number of hydrogen-bond donors (Lipinski definition) is 3. The van der Waals surface area contributed by atoms with Gasteiger partial charge in [-0.05, 0) is 49.2 Å². The van der Waals surface area contributed by atoms with Gasteiger partial charge in [0.25, 0.3) is 5.91 Å². The number of nitrogens with one attached hydrogen (secondary N) is 3. The fraction of sp³-hybridized carbons (Fsp3) is 0.440. The zero-order valence-electron chi connectivity index (χ0n) is 18.7. The maximum atomic E-state index is 12.3. The molecule has 2 aromatic rings. The van der Waals surface area contributed by atoms with Crippen LogP contribution < -0.4 is 20.7 Å². The van der Waals surface area contributed by atoms with Gasteiger partial charge in [-0.1, -0.05) is 45.6 Å². The lowest BCUT2D eigenvalue weighted by Gasteiger charge is -2.11. The highest BCUT2D eigenvalue weighted by Crippen LogP contribution is 2.18. The van der Waals surface area contributed by atoms with Gasteiger partial charge in [0, 0.05) is 29.5 Å². The Hall–Kier alpha value is -3.02. The van der Waals surface area contributed by atoms with Gasteiger partial charge in [0.1, 0.15) is 5.75 Å². The quantitative estimate of drug-likeness (QED) is 0.362. The molecule has 0 aromatic heterocycles. The highest BCUT2D eigenvalue weighted by atomic mass is 16.5. The van der Waals surface area contributed by atoms with Crippen LogP contribution in [0.2, 0.25) is 0 Å². The molecule has 2 aromatic carbocycles. The molecule has 6 heteroatoms. The van der Waals surface area contributed by atoms with Gasteiger partial charge in [0.05, 0.1) is 13.2 Å². The summed E-state index contributed by atoms with van der Waals surface area (Å²) in [6, 6.07) is 14.6. The third-order valence-electron chi connectivity index (χ3n) is 4.80. The molecule has 3 N–H and O–H groups in total. The van der Waals surface area contributed by atoms with Crippen molar-refractivity contribution in [3.8, 4) is 5.75 Å². The topological polar surface area (TPSA) is 79.5 Å². The summed E-state index contributed by atoms with van der Waals surface area (Å²) in [6.07, 6.45) is 6.64. The standard InChI is InChI=1S/C25H35N3O3/c1-3-5-7-8-17-31-23-11-9-10-22(18-23)28-24(29)19-27-21-14-12-20(13-15-21)25(30)26-16-6-4-2/h9-15,18,27H,3-8,16-17,19H2,1-2H3,(H,26,30)(H,28,29). The third-order valence-corrected chi connectivity index (χ3v) is 4.80. The molecule has 0 unspecified atom stereocenters. The summed E-state index contributed by atoms with van der Waals surface area (Å²) >= 11 is 0. The van der Waals surface area contributed by atoms with Crippen LogP contribution in [0.25, 0.3) is 0 Å². The van der Waals surface area contributed by atoms with Crippen LogP contribution in [0.1, 0.15) is 62.7 Å². The Morgan fingerprint density at radius 3 is 2.39 bits per heavy atom. The van der Waals surface area contributed by atoms with Crippen molar-refractivity contribution in [1.29, 1.82) is 0 Å². The van der Waals surface area contributed by atoms with Crippen LogP contribution in [0.4, 0.5) is 11.4 Å². The highest BCUT2D eigenvalue weighted by molar-refractivity contribution is 5.95. The van der Waals surface area contributed by atoms with Crippen molar-refractivity contribution in [3.63, 3.8) is 0 Å². The second-order valence-electron chi connectivity index (χ2n) is 7.53. The molecular weight excluding hydrogens is 390 g/mol. The Bertz CT molecular complexity index is 806. The van der Waals surface area contributed by atoms with E-state index in [1.54, 1.807) is 24.3 Å². The lowest BCUT2D eigenvalue weighted by molar-refractivity contribution is -0.114. The van der Waals surface area contributed by atoms with E-state index in [0.717, 1.165) is 30.7 Å². The lowest BCUT2D eigenvalue weighted by atomic mass is 10.2. The summed E-state index contributed by atoms with van der Waals surface area (Å²) in [4.78, 5) is 24.3. The van der Waals surface area contributed by atoms with Crippen LogP contribution in [0.15, 0.2) is 48.5 Å². The van der Waals surface area contributed by atoms with Gasteiger partial charge < -0.3 is 20.7 Å². The first kappa shape index (κ1) is 24.3. The third kappa shape index (κ3) is 9.55. The predicted molar refractivity (Wildman–Crippen MR) is 127 cm³/mol. The molecule has 0 aliphatic carbocycles. The molecule has 6 nitrogen and oxygen atoms in total. The van der Waals surface area contributed by atoms with Crippen LogP contribution in [0, 0.1) is 0 Å². The zero-order valence-corrected chi connectivity index (χ0v) is 18.7. The monoisotopic (exact) mass is 425 g/mol. The first-order chi connectivity index (χ1) is 15.1. The van der Waals surface area contributed by atoms with Crippen molar-refractivity contribution in [2.45, 2.75) is 52.4 Å². The largest absolute Gasteiger partial charge is 0.494 e. The van der Waals surface area contributed by atoms with E-state index in [0.29, 0.717) is 24.4 Å². The fourth-order valence-corrected chi connectivity index (χ4v) is 2.99. The first-order valence-corrected chi connectivity index (χ1v) is 11.3. The van der Waals surface area contributed by atoms with Crippen LogP contribution in [-0.2, 0) is 4.79 Å². The van der Waals surface area contributed by atoms with Crippen molar-refractivity contribution in [2.75, 3.05) is 30.3 Å². The Kier molecular flexibility index (Phi) is 11.0. The summed E-state index contributed by atoms with van der Waals surface area (Å²) in [5, 5.41) is 8.84. The minimum atomic E-state index is -0.151. The van der Waals surface area contributed by atoms with Gasteiger partial charge in [0.2, 0.25) is 5.91 Å². The number of rotatable bonds is 14. The number of ether oxygens (including phenoxy) is 1. The van der Waals surface area contributed by atoms with Gasteiger partial charge >= 0.3 is 0 Å². The van der Waals surface area contributed by atoms with Crippen molar-refractivity contribution in [1.82, 2.24) is 5.32 Å². The second kappa shape index (κ2) is 14.1. The van der Waals surface area contributed by atoms with E-state index < -0.39 is 0 Å². The van der Waals surface area contributed by atoms with Gasteiger partial charge in [-0.2, -0.15) is 0 Å². The Balaban J connectivity index is 1.75. The molecule has 0 saturated carbocycles. The maximum Gasteiger partial charge on any atom is 0.251 e. The highest BCUT2D eigenvalue weighted by Gasteiger charge is 2.06. The van der Waals surface area contributed by atoms with Crippen LogP contribution in [0.3, 0.4) is 0 Å². The lowest BCUT2D eigenvalue weighted by Crippen LogP contribution is -2.24. The minimum absolute atomic E-state index is 0.0785. The second-order valence-corrected chi connectivity index (χ2v) is 7.53. The maximum absolute atomic E-state index is 12.3. The molecule has 0 spiro atoms. The van der Waals surface area contributed by atoms with Crippen molar-refractivity contribution < 1.29 is 14.3 Å². The average molecular weight is 426 g/mol. The Labute approximate surface area is 185 Å². The molecule has 0 fully saturated rings. The molecule has 0 bridgehead atoms. The summed E-state index contributed by atoms with van der Waals surface area (Å²) in [5.41, 5.74) is 2.10. The smallest absolute Gasteiger partial charge is 0.251 e. The number of amides is 2. The van der Waals surface area contributed by atoms with Crippen LogP contribution >= 0.6 is 0 Å². The molecular formula is C25H35N3O3. The first-order valence-electron chi connectivity index (χ1n) is 11.3. The predicted octanol–water partition coefficient (Wildman–Crippen LogP) is 5.23. The van der Waals surface area contributed by atoms with Crippen LogP contribution in [-0.4, -0.2) is 31.5 Å². The Morgan fingerprint density at radius 1 is 0.871 bits per heavy atom. The SMILES string of the molecule is CCCCCCOc1cccc(NC(=O)CNc2ccc(C(=O)NCCCC)cc2)c1. The summed E-state index contributed by atoms with van der Waals surface area (Å²) in [7, 11) is 0. The number of carbonyl (C=O) groups is 2. The molecule has 2 rings (SSSR count). The molecule has 31 heavy (non-hydrogen) atoms. The van der Waals surface area contributed by atoms with E-state index in [9.17, 15) is 9.59 Å². The molecule has 0 heterocycles. The zero-order chi connectivity index (χ0) is 22.3. The Morgan fingerprint density at radius 2 is 1.65 bits per heavy atom. The fourth-order valence-electron chi connectivity index (χ4n) is 2.99. The van der Waals surface area contributed by atoms with Gasteiger partial charge in [-0.25, -0.2) is 0 Å². The minimum Gasteiger partial charge on any atom is -0.494 e. The molecule has 0 atom stereocenters. The number of hydrogen-bond acceptors (Lipinski definition) is 4. The van der Waals surface area contributed by atoms with E-state index in [4.69, 9.17) is 4.74 Å². The molecule has 0 radical (unpaired) electrons. The van der Waals surface area contributed by atoms with E-state index in [1.807, 2.05) is 24.3 Å². The molecule has 0 saturated heterocycles. The van der Waals surface area contributed by atoms with Gasteiger partial charge in [0.15, 0.2) is 0 Å². The number of benzene rings is 2. The van der Waals surface area contributed by atoms with E-state index in [1.165, 1.54) is 19.3 Å². The number of anilines is 2. The number of unbranched alkanes of at least 4 members (excludes halogenated alkanes) is 4. The molecule has 0 aliphatic rings. The van der Waals surface area contributed by atoms with E-state index in [2.05, 4.69) is 29.8 Å².